The van der Waals surface area contributed by atoms with Crippen molar-refractivity contribution in [3.8, 4) is 11.5 Å². The Morgan fingerprint density at radius 3 is 2.53 bits per heavy atom. The summed E-state index contributed by atoms with van der Waals surface area (Å²) >= 11 is 5.82. The van der Waals surface area contributed by atoms with Gasteiger partial charge in [0.25, 0.3) is 5.56 Å². The molecule has 0 spiro atoms. The van der Waals surface area contributed by atoms with Crippen LogP contribution >= 0.6 is 56.5 Å². The van der Waals surface area contributed by atoms with E-state index in [-0.39, 0.29) is 18.3 Å². The van der Waals surface area contributed by atoms with Crippen molar-refractivity contribution < 1.29 is 19.0 Å². The van der Waals surface area contributed by atoms with Gasteiger partial charge in [0.2, 0.25) is 0 Å². The number of aromatic nitrogens is 1. The Kier molecular flexibility index (Phi) is 10.1. The standard InChI is InChI=1S/C33H30I2N2O5S/c1-5-40-32(39)28-20(4)36-33-37(29(28)24-13-9-10-14-26(24)42-19(2)3)31(38)27(43-33)16-22-15-23(34)17-25(35)30(22)41-18-21-11-7-6-8-12-21/h6-17,19,29H,5,18H2,1-4H3/b27-16-/t29-/m1/s1. The predicted octanol–water partition coefficient (Wildman–Crippen LogP) is 6.37. The first kappa shape index (κ1) is 31.5. The zero-order chi connectivity index (χ0) is 30.7. The molecule has 0 fully saturated rings. The van der Waals surface area contributed by atoms with Gasteiger partial charge in [-0.1, -0.05) is 59.9 Å². The fraction of sp³-hybridized carbons (Fsp3) is 0.242. The van der Waals surface area contributed by atoms with Gasteiger partial charge in [0.05, 0.1) is 32.1 Å². The number of carbonyl (C=O) groups excluding carboxylic acids is 1. The number of benzene rings is 3. The van der Waals surface area contributed by atoms with Crippen molar-refractivity contribution in [3.05, 3.63) is 122 Å². The first-order chi connectivity index (χ1) is 20.7. The van der Waals surface area contributed by atoms with E-state index >= 15 is 0 Å². The zero-order valence-electron chi connectivity index (χ0n) is 24.1. The Labute approximate surface area is 281 Å². The van der Waals surface area contributed by atoms with E-state index in [1.165, 1.54) is 11.3 Å². The van der Waals surface area contributed by atoms with Gasteiger partial charge in [0.15, 0.2) is 4.80 Å². The minimum absolute atomic E-state index is 0.106. The SMILES string of the molecule is CCOC(=O)C1=C(C)N=c2s/c(=C\c3cc(I)cc(I)c3OCc3ccccc3)c(=O)n2[C@@H]1c1ccccc1OC(C)C. The van der Waals surface area contributed by atoms with Crippen molar-refractivity contribution in [3.63, 3.8) is 0 Å². The normalized spacial score (nSPS) is 14.9. The summed E-state index contributed by atoms with van der Waals surface area (Å²) in [5.74, 6) is 0.787. The van der Waals surface area contributed by atoms with Gasteiger partial charge < -0.3 is 14.2 Å². The lowest BCUT2D eigenvalue weighted by Gasteiger charge is -2.26. The van der Waals surface area contributed by atoms with Crippen LogP contribution in [0, 0.1) is 7.14 Å². The smallest absolute Gasteiger partial charge is 0.338 e. The number of thiazole rings is 1. The summed E-state index contributed by atoms with van der Waals surface area (Å²) in [4.78, 5) is 32.8. The van der Waals surface area contributed by atoms with Gasteiger partial charge in [-0.05, 0) is 103 Å². The highest BCUT2D eigenvalue weighted by molar-refractivity contribution is 14.1. The van der Waals surface area contributed by atoms with Crippen molar-refractivity contribution in [2.45, 2.75) is 46.4 Å². The average molecular weight is 820 g/mol. The molecule has 7 nitrogen and oxygen atoms in total. The summed E-state index contributed by atoms with van der Waals surface area (Å²) in [5, 5.41) is 0. The topological polar surface area (TPSA) is 79.1 Å². The molecule has 2 heterocycles. The molecule has 0 radical (unpaired) electrons. The zero-order valence-corrected chi connectivity index (χ0v) is 29.2. The summed E-state index contributed by atoms with van der Waals surface area (Å²) in [6, 6.07) is 20.7. The van der Waals surface area contributed by atoms with Gasteiger partial charge in [0, 0.05) is 14.7 Å². The first-order valence-electron chi connectivity index (χ1n) is 13.8. The van der Waals surface area contributed by atoms with Crippen LogP contribution < -0.4 is 24.4 Å². The fourth-order valence-electron chi connectivity index (χ4n) is 4.86. The predicted molar refractivity (Wildman–Crippen MR) is 185 cm³/mol. The summed E-state index contributed by atoms with van der Waals surface area (Å²) < 4.78 is 21.9. The number of para-hydroxylation sites is 1. The number of hydrogen-bond acceptors (Lipinski definition) is 7. The quantitative estimate of drug-likeness (QED) is 0.145. The van der Waals surface area contributed by atoms with Gasteiger partial charge in [-0.2, -0.15) is 0 Å². The Bertz CT molecular complexity index is 1880. The molecule has 222 valence electrons. The maximum absolute atomic E-state index is 14.3. The molecule has 1 aliphatic heterocycles. The maximum atomic E-state index is 14.3. The number of nitrogens with zero attached hydrogens (tertiary/aromatic N) is 2. The van der Waals surface area contributed by atoms with Crippen molar-refractivity contribution in [1.29, 1.82) is 0 Å². The summed E-state index contributed by atoms with van der Waals surface area (Å²) in [7, 11) is 0. The highest BCUT2D eigenvalue weighted by Crippen LogP contribution is 2.36. The Morgan fingerprint density at radius 1 is 1.09 bits per heavy atom. The van der Waals surface area contributed by atoms with Crippen LogP contribution in [-0.2, 0) is 16.1 Å². The lowest BCUT2D eigenvalue weighted by molar-refractivity contribution is -0.139. The number of fused-ring (bicyclic) bond motifs is 1. The minimum atomic E-state index is -0.766. The molecule has 0 amide bonds. The molecule has 1 atom stereocenters. The minimum Gasteiger partial charge on any atom is -0.491 e. The Morgan fingerprint density at radius 2 is 1.81 bits per heavy atom. The lowest BCUT2D eigenvalue weighted by atomic mass is 9.95. The molecular formula is C33H30I2N2O5S. The summed E-state index contributed by atoms with van der Waals surface area (Å²) in [5.41, 5.74) is 3.09. The van der Waals surface area contributed by atoms with Gasteiger partial charge in [-0.25, -0.2) is 9.79 Å². The van der Waals surface area contributed by atoms with Crippen LogP contribution in [0.5, 0.6) is 11.5 Å². The fourth-order valence-corrected chi connectivity index (χ4v) is 7.95. The molecule has 0 aliphatic carbocycles. The van der Waals surface area contributed by atoms with Crippen LogP contribution in [-0.4, -0.2) is 23.2 Å². The molecule has 0 saturated heterocycles. The van der Waals surface area contributed by atoms with Crippen molar-refractivity contribution in [1.82, 2.24) is 4.57 Å². The molecule has 43 heavy (non-hydrogen) atoms. The van der Waals surface area contributed by atoms with Gasteiger partial charge in [0.1, 0.15) is 24.1 Å². The number of ether oxygens (including phenoxy) is 3. The Hall–Kier alpha value is -2.97. The molecule has 10 heteroatoms. The molecule has 0 bridgehead atoms. The molecule has 0 saturated carbocycles. The van der Waals surface area contributed by atoms with Gasteiger partial charge in [-0.15, -0.1) is 0 Å². The van der Waals surface area contributed by atoms with Crippen LogP contribution in [0.15, 0.2) is 87.8 Å². The Balaban J connectivity index is 1.69. The van der Waals surface area contributed by atoms with Crippen molar-refractivity contribution in [2.24, 2.45) is 4.99 Å². The van der Waals surface area contributed by atoms with E-state index in [2.05, 4.69) is 45.2 Å². The number of hydrogen-bond donors (Lipinski definition) is 0. The van der Waals surface area contributed by atoms with Crippen LogP contribution in [0.25, 0.3) is 6.08 Å². The van der Waals surface area contributed by atoms with Crippen molar-refractivity contribution >= 4 is 68.6 Å². The number of rotatable bonds is 9. The van der Waals surface area contributed by atoms with Crippen LogP contribution in [0.1, 0.15) is 50.4 Å². The van der Waals surface area contributed by atoms with Crippen LogP contribution in [0.4, 0.5) is 0 Å². The molecule has 1 aromatic heterocycles. The molecule has 0 N–H and O–H groups in total. The lowest BCUT2D eigenvalue weighted by Crippen LogP contribution is -2.40. The second kappa shape index (κ2) is 13.8. The van der Waals surface area contributed by atoms with E-state index in [0.29, 0.717) is 44.3 Å². The molecular weight excluding hydrogens is 790 g/mol. The second-order valence-electron chi connectivity index (χ2n) is 10.1. The highest BCUT2D eigenvalue weighted by atomic mass is 127. The van der Waals surface area contributed by atoms with Gasteiger partial charge in [-0.3, -0.25) is 9.36 Å². The summed E-state index contributed by atoms with van der Waals surface area (Å²) in [6.07, 6.45) is 1.75. The number of halogens is 2. The maximum Gasteiger partial charge on any atom is 0.338 e. The van der Waals surface area contributed by atoms with E-state index < -0.39 is 12.0 Å². The third kappa shape index (κ3) is 6.91. The van der Waals surface area contributed by atoms with Crippen molar-refractivity contribution in [2.75, 3.05) is 6.61 Å². The molecule has 3 aromatic carbocycles. The van der Waals surface area contributed by atoms with Gasteiger partial charge >= 0.3 is 5.97 Å². The molecule has 5 rings (SSSR count). The van der Waals surface area contributed by atoms with Crippen LogP contribution in [0.3, 0.4) is 0 Å². The molecule has 0 unspecified atom stereocenters. The third-order valence-electron chi connectivity index (χ3n) is 6.64. The van der Waals surface area contributed by atoms with E-state index in [1.807, 2.05) is 86.7 Å². The van der Waals surface area contributed by atoms with E-state index in [9.17, 15) is 9.59 Å². The monoisotopic (exact) mass is 820 g/mol. The third-order valence-corrected chi connectivity index (χ3v) is 9.05. The highest BCUT2D eigenvalue weighted by Gasteiger charge is 2.35. The van der Waals surface area contributed by atoms with Crippen LogP contribution in [0.2, 0.25) is 0 Å². The van der Waals surface area contributed by atoms with E-state index in [1.54, 1.807) is 18.4 Å². The molecule has 4 aromatic rings. The summed E-state index contributed by atoms with van der Waals surface area (Å²) in [6.45, 7) is 8.01. The molecule has 1 aliphatic rings. The number of allylic oxidation sites excluding steroid dienone is 1. The second-order valence-corrected chi connectivity index (χ2v) is 13.5. The first-order valence-corrected chi connectivity index (χ1v) is 16.8. The van der Waals surface area contributed by atoms with E-state index in [4.69, 9.17) is 19.2 Å². The van der Waals surface area contributed by atoms with E-state index in [0.717, 1.165) is 18.3 Å². The number of esters is 1. The largest absolute Gasteiger partial charge is 0.491 e. The average Bonchev–Trinajstić information content (AvgIpc) is 3.26. The number of carbonyl (C=O) groups is 1.